The summed E-state index contributed by atoms with van der Waals surface area (Å²) in [6, 6.07) is 0. The van der Waals surface area contributed by atoms with E-state index in [1.807, 2.05) is 48.5 Å². The summed E-state index contributed by atoms with van der Waals surface area (Å²) in [5.41, 5.74) is -1.62. The van der Waals surface area contributed by atoms with E-state index in [-0.39, 0.29) is 53.5 Å². The SMILES string of the molecule is CCOC(=O)C(C(C)C)C(C)(C(=O)OCC)C(C)C.CCOC(=O)C(C1CCCCC1)C(C)(C(=O)OCC)C1CCCCC1. The first-order valence-corrected chi connectivity index (χ1v) is 17.5. The summed E-state index contributed by atoms with van der Waals surface area (Å²) < 4.78 is 21.3. The zero-order valence-corrected chi connectivity index (χ0v) is 29.6. The molecule has 0 aromatic carbocycles. The summed E-state index contributed by atoms with van der Waals surface area (Å²) in [6.07, 6.45) is 11.1. The van der Waals surface area contributed by atoms with Crippen molar-refractivity contribution < 1.29 is 38.1 Å². The predicted molar refractivity (Wildman–Crippen MR) is 173 cm³/mol. The van der Waals surface area contributed by atoms with Gasteiger partial charge in [-0.05, 0) is 90.9 Å². The molecular weight excluding hydrogens is 560 g/mol. The molecule has 8 nitrogen and oxygen atoms in total. The van der Waals surface area contributed by atoms with Crippen molar-refractivity contribution in [2.75, 3.05) is 26.4 Å². The van der Waals surface area contributed by atoms with E-state index in [0.29, 0.717) is 26.4 Å². The van der Waals surface area contributed by atoms with Gasteiger partial charge in [-0.3, -0.25) is 19.2 Å². The minimum Gasteiger partial charge on any atom is -0.466 e. The number of hydrogen-bond donors (Lipinski definition) is 0. The third-order valence-corrected chi connectivity index (χ3v) is 10.2. The molecule has 0 saturated heterocycles. The molecule has 0 aliphatic heterocycles. The van der Waals surface area contributed by atoms with Gasteiger partial charge in [0.2, 0.25) is 0 Å². The van der Waals surface area contributed by atoms with Crippen LogP contribution in [0.25, 0.3) is 0 Å². The van der Waals surface area contributed by atoms with Crippen LogP contribution in [0, 0.1) is 46.3 Å². The van der Waals surface area contributed by atoms with E-state index in [1.165, 1.54) is 12.8 Å². The van der Waals surface area contributed by atoms with Crippen LogP contribution in [0.2, 0.25) is 0 Å². The summed E-state index contributed by atoms with van der Waals surface area (Å²) in [5, 5.41) is 0. The third kappa shape index (κ3) is 9.94. The van der Waals surface area contributed by atoms with E-state index >= 15 is 0 Å². The number of carbonyl (C=O) groups is 4. The Bertz CT molecular complexity index is 887. The van der Waals surface area contributed by atoms with Crippen LogP contribution in [0.3, 0.4) is 0 Å². The Balaban J connectivity index is 0.000000459. The highest BCUT2D eigenvalue weighted by atomic mass is 16.5. The van der Waals surface area contributed by atoms with Gasteiger partial charge in [0.15, 0.2) is 0 Å². The van der Waals surface area contributed by atoms with Gasteiger partial charge in [-0.1, -0.05) is 66.2 Å². The van der Waals surface area contributed by atoms with Crippen LogP contribution in [-0.2, 0) is 38.1 Å². The molecular formula is C36H64O8. The Morgan fingerprint density at radius 3 is 1.48 bits per heavy atom. The molecule has 0 N–H and O–H groups in total. The van der Waals surface area contributed by atoms with Gasteiger partial charge in [0.1, 0.15) is 0 Å². The van der Waals surface area contributed by atoms with Gasteiger partial charge in [-0.15, -0.1) is 0 Å². The van der Waals surface area contributed by atoms with Crippen LogP contribution in [0.15, 0.2) is 0 Å². The van der Waals surface area contributed by atoms with Gasteiger partial charge >= 0.3 is 23.9 Å². The molecule has 4 unspecified atom stereocenters. The molecule has 2 aliphatic rings. The molecule has 8 heteroatoms. The summed E-state index contributed by atoms with van der Waals surface area (Å²) in [4.78, 5) is 50.7. The van der Waals surface area contributed by atoms with E-state index in [0.717, 1.165) is 51.4 Å². The average Bonchev–Trinajstić information content (AvgIpc) is 2.98. The standard InChI is InChI=1S/C21H36O4.C15H28O4/c1-4-24-19(22)18(16-12-8-6-9-13-16)21(3,20(23)25-5-2)17-14-10-7-11-15-17;1-8-18-13(16)12(10(3)4)15(7,11(5)6)14(17)19-9-2/h16-18H,4-15H2,1-3H3;10-12H,8-9H2,1-7H3. The number of esters is 4. The monoisotopic (exact) mass is 624 g/mol. The number of rotatable bonds is 14. The Labute approximate surface area is 268 Å². The maximum atomic E-state index is 13.1. The smallest absolute Gasteiger partial charge is 0.312 e. The van der Waals surface area contributed by atoms with Crippen molar-refractivity contribution in [1.82, 2.24) is 0 Å². The van der Waals surface area contributed by atoms with Gasteiger partial charge in [0.05, 0.1) is 49.1 Å². The number of carbonyl (C=O) groups excluding carboxylic acids is 4. The fraction of sp³-hybridized carbons (Fsp3) is 0.889. The van der Waals surface area contributed by atoms with E-state index in [1.54, 1.807) is 20.8 Å². The Morgan fingerprint density at radius 2 is 1.05 bits per heavy atom. The van der Waals surface area contributed by atoms with E-state index in [9.17, 15) is 19.2 Å². The number of ether oxygens (including phenoxy) is 4. The fourth-order valence-electron chi connectivity index (χ4n) is 7.61. The summed E-state index contributed by atoms with van der Waals surface area (Å²) in [7, 11) is 0. The molecule has 4 atom stereocenters. The second kappa shape index (κ2) is 19.4. The first-order valence-electron chi connectivity index (χ1n) is 17.5. The fourth-order valence-corrected chi connectivity index (χ4v) is 7.61. The Hall–Kier alpha value is -2.12. The number of hydrogen-bond acceptors (Lipinski definition) is 8. The van der Waals surface area contributed by atoms with E-state index < -0.39 is 16.7 Å². The van der Waals surface area contributed by atoms with Crippen molar-refractivity contribution in [2.45, 2.75) is 133 Å². The zero-order valence-electron chi connectivity index (χ0n) is 29.6. The van der Waals surface area contributed by atoms with Crippen LogP contribution < -0.4 is 0 Å². The van der Waals surface area contributed by atoms with Gasteiger partial charge in [-0.25, -0.2) is 0 Å². The predicted octanol–water partition coefficient (Wildman–Crippen LogP) is 7.94. The van der Waals surface area contributed by atoms with Gasteiger partial charge < -0.3 is 18.9 Å². The van der Waals surface area contributed by atoms with Gasteiger partial charge in [0, 0.05) is 0 Å². The molecule has 0 spiro atoms. The van der Waals surface area contributed by atoms with E-state index in [2.05, 4.69) is 0 Å². The molecule has 0 amide bonds. The second-order valence-corrected chi connectivity index (χ2v) is 13.6. The first-order chi connectivity index (χ1) is 20.8. The van der Waals surface area contributed by atoms with Gasteiger partial charge in [0.25, 0.3) is 0 Å². The van der Waals surface area contributed by atoms with Crippen LogP contribution in [0.1, 0.15) is 133 Å². The van der Waals surface area contributed by atoms with Crippen molar-refractivity contribution >= 4 is 23.9 Å². The maximum Gasteiger partial charge on any atom is 0.312 e. The van der Waals surface area contributed by atoms with Crippen LogP contribution in [0.4, 0.5) is 0 Å². The highest BCUT2D eigenvalue weighted by Gasteiger charge is 2.55. The minimum atomic E-state index is -0.865. The largest absolute Gasteiger partial charge is 0.466 e. The van der Waals surface area contributed by atoms with Crippen molar-refractivity contribution in [3.05, 3.63) is 0 Å². The van der Waals surface area contributed by atoms with Crippen LogP contribution >= 0.6 is 0 Å². The average molecular weight is 625 g/mol. The molecule has 2 fully saturated rings. The molecule has 2 aliphatic carbocycles. The lowest BCUT2D eigenvalue weighted by atomic mass is 9.58. The Kier molecular flexibility index (Phi) is 17.6. The second-order valence-electron chi connectivity index (χ2n) is 13.6. The van der Waals surface area contributed by atoms with Crippen molar-refractivity contribution in [3.8, 4) is 0 Å². The summed E-state index contributed by atoms with van der Waals surface area (Å²) >= 11 is 0. The summed E-state index contributed by atoms with van der Waals surface area (Å²) in [6.45, 7) is 20.1. The molecule has 0 bridgehead atoms. The lowest BCUT2D eigenvalue weighted by Crippen LogP contribution is -2.51. The quantitative estimate of drug-likeness (QED) is 0.142. The van der Waals surface area contributed by atoms with Crippen molar-refractivity contribution in [1.29, 1.82) is 0 Å². The zero-order chi connectivity index (χ0) is 33.5. The highest BCUT2D eigenvalue weighted by Crippen LogP contribution is 2.50. The first kappa shape index (κ1) is 39.9. The van der Waals surface area contributed by atoms with Crippen molar-refractivity contribution in [2.24, 2.45) is 46.3 Å². The molecule has 2 saturated carbocycles. The molecule has 0 radical (unpaired) electrons. The van der Waals surface area contributed by atoms with Crippen LogP contribution in [0.5, 0.6) is 0 Å². The van der Waals surface area contributed by atoms with Crippen molar-refractivity contribution in [3.63, 3.8) is 0 Å². The Morgan fingerprint density at radius 1 is 0.614 bits per heavy atom. The molecule has 0 aromatic heterocycles. The molecule has 2 rings (SSSR count). The topological polar surface area (TPSA) is 105 Å². The minimum absolute atomic E-state index is 0.0101. The molecule has 256 valence electrons. The third-order valence-electron chi connectivity index (χ3n) is 10.2. The molecule has 0 aromatic rings. The lowest BCUT2D eigenvalue weighted by molar-refractivity contribution is -0.178. The summed E-state index contributed by atoms with van der Waals surface area (Å²) in [5.74, 6) is -1.42. The van der Waals surface area contributed by atoms with Gasteiger partial charge in [-0.2, -0.15) is 0 Å². The highest BCUT2D eigenvalue weighted by molar-refractivity contribution is 5.86. The maximum absolute atomic E-state index is 13.1. The van der Waals surface area contributed by atoms with E-state index in [4.69, 9.17) is 18.9 Å². The molecule has 44 heavy (non-hydrogen) atoms. The lowest BCUT2D eigenvalue weighted by Gasteiger charge is -2.45. The normalized spacial score (nSPS) is 20.3. The van der Waals surface area contributed by atoms with Crippen LogP contribution in [-0.4, -0.2) is 50.3 Å². The molecule has 0 heterocycles.